The Hall–Kier alpha value is -1.45. The maximum Gasteiger partial charge on any atom is 0.217 e. The second-order valence-corrected chi connectivity index (χ2v) is 4.62. The Morgan fingerprint density at radius 2 is 2.00 bits per heavy atom. The van der Waals surface area contributed by atoms with Crippen LogP contribution in [0.15, 0.2) is 34.7 Å². The molecule has 0 aliphatic carbocycles. The van der Waals surface area contributed by atoms with Crippen molar-refractivity contribution < 1.29 is 9.21 Å². The molecular formula is C13H11Cl2NO2. The molecule has 0 bridgehead atoms. The molecule has 1 aromatic heterocycles. The summed E-state index contributed by atoms with van der Waals surface area (Å²) >= 11 is 12.0. The van der Waals surface area contributed by atoms with Crippen molar-refractivity contribution in [1.82, 2.24) is 0 Å². The largest absolute Gasteiger partial charge is 0.461 e. The lowest BCUT2D eigenvalue weighted by Gasteiger charge is -2.02. The second kappa shape index (κ2) is 5.46. The predicted molar refractivity (Wildman–Crippen MR) is 71.7 cm³/mol. The Morgan fingerprint density at radius 1 is 1.22 bits per heavy atom. The molecule has 94 valence electrons. The van der Waals surface area contributed by atoms with Gasteiger partial charge in [0.05, 0.1) is 10.0 Å². The van der Waals surface area contributed by atoms with Gasteiger partial charge in [0.15, 0.2) is 0 Å². The van der Waals surface area contributed by atoms with E-state index in [1.165, 1.54) is 0 Å². The van der Waals surface area contributed by atoms with E-state index in [1.807, 2.05) is 6.07 Å². The van der Waals surface area contributed by atoms with Crippen LogP contribution in [0.4, 0.5) is 0 Å². The summed E-state index contributed by atoms with van der Waals surface area (Å²) in [6.45, 7) is 0. The summed E-state index contributed by atoms with van der Waals surface area (Å²) in [6.07, 6.45) is 0.740. The zero-order chi connectivity index (χ0) is 13.1. The third-order valence-electron chi connectivity index (χ3n) is 2.50. The van der Waals surface area contributed by atoms with Crippen molar-refractivity contribution in [2.24, 2.45) is 5.73 Å². The van der Waals surface area contributed by atoms with Crippen molar-refractivity contribution in [3.05, 3.63) is 46.1 Å². The zero-order valence-corrected chi connectivity index (χ0v) is 11.0. The molecule has 1 heterocycles. The highest BCUT2D eigenvalue weighted by Gasteiger charge is 2.11. The van der Waals surface area contributed by atoms with Crippen LogP contribution in [0.1, 0.15) is 12.2 Å². The van der Waals surface area contributed by atoms with Gasteiger partial charge < -0.3 is 10.2 Å². The minimum atomic E-state index is -0.353. The SMILES string of the molecule is NC(=O)CCc1ccc(-c2cccc(Cl)c2Cl)o1. The van der Waals surface area contributed by atoms with Gasteiger partial charge in [-0.3, -0.25) is 4.79 Å². The fraction of sp³-hybridized carbons (Fsp3) is 0.154. The second-order valence-electron chi connectivity index (χ2n) is 3.83. The van der Waals surface area contributed by atoms with Crippen molar-refractivity contribution in [3.63, 3.8) is 0 Å². The van der Waals surface area contributed by atoms with Crippen LogP contribution >= 0.6 is 23.2 Å². The number of hydrogen-bond acceptors (Lipinski definition) is 2. The van der Waals surface area contributed by atoms with Crippen LogP contribution in [0.2, 0.25) is 10.0 Å². The molecule has 0 aliphatic heterocycles. The van der Waals surface area contributed by atoms with Crippen LogP contribution in [0.25, 0.3) is 11.3 Å². The molecule has 0 atom stereocenters. The summed E-state index contributed by atoms with van der Waals surface area (Å²) < 4.78 is 5.61. The molecule has 0 unspecified atom stereocenters. The van der Waals surface area contributed by atoms with E-state index in [0.29, 0.717) is 28.0 Å². The van der Waals surface area contributed by atoms with E-state index < -0.39 is 0 Å². The highest BCUT2D eigenvalue weighted by atomic mass is 35.5. The smallest absolute Gasteiger partial charge is 0.217 e. The number of carbonyl (C=O) groups excluding carboxylic acids is 1. The monoisotopic (exact) mass is 283 g/mol. The summed E-state index contributed by atoms with van der Waals surface area (Å²) in [5.41, 5.74) is 5.81. The van der Waals surface area contributed by atoms with Gasteiger partial charge in [0.2, 0.25) is 5.91 Å². The fourth-order valence-corrected chi connectivity index (χ4v) is 1.99. The molecule has 0 aliphatic rings. The summed E-state index contributed by atoms with van der Waals surface area (Å²) in [4.78, 5) is 10.7. The maximum atomic E-state index is 10.7. The normalized spacial score (nSPS) is 10.6. The third kappa shape index (κ3) is 2.86. The van der Waals surface area contributed by atoms with E-state index in [9.17, 15) is 4.79 Å². The number of nitrogens with two attached hydrogens (primary N) is 1. The average Bonchev–Trinajstić information content (AvgIpc) is 2.78. The lowest BCUT2D eigenvalue weighted by Crippen LogP contribution is -2.10. The number of primary amides is 1. The number of benzene rings is 1. The Bertz CT molecular complexity index is 578. The standard InChI is InChI=1S/C13H11Cl2NO2/c14-10-3-1-2-9(13(10)15)11-6-4-8(18-11)5-7-12(16)17/h1-4,6H,5,7H2,(H2,16,17). The molecule has 2 N–H and O–H groups in total. The topological polar surface area (TPSA) is 56.2 Å². The molecule has 0 fully saturated rings. The van der Waals surface area contributed by atoms with Gasteiger partial charge in [-0.2, -0.15) is 0 Å². The average molecular weight is 284 g/mol. The summed E-state index contributed by atoms with van der Waals surface area (Å²) in [7, 11) is 0. The van der Waals surface area contributed by atoms with E-state index in [4.69, 9.17) is 33.4 Å². The number of hydrogen-bond donors (Lipinski definition) is 1. The number of furan rings is 1. The van der Waals surface area contributed by atoms with E-state index in [-0.39, 0.29) is 12.3 Å². The van der Waals surface area contributed by atoms with Crippen LogP contribution in [0, 0.1) is 0 Å². The van der Waals surface area contributed by atoms with Crippen molar-refractivity contribution in [2.75, 3.05) is 0 Å². The van der Waals surface area contributed by atoms with Gasteiger partial charge in [0.1, 0.15) is 11.5 Å². The molecule has 5 heteroatoms. The van der Waals surface area contributed by atoms with Crippen molar-refractivity contribution in [1.29, 1.82) is 0 Å². The van der Waals surface area contributed by atoms with E-state index in [0.717, 1.165) is 5.56 Å². The quantitative estimate of drug-likeness (QED) is 0.931. The van der Waals surface area contributed by atoms with E-state index >= 15 is 0 Å². The Morgan fingerprint density at radius 3 is 2.72 bits per heavy atom. The number of halogens is 2. The van der Waals surface area contributed by atoms with Crippen LogP contribution < -0.4 is 5.73 Å². The number of aryl methyl sites for hydroxylation is 1. The molecule has 3 nitrogen and oxygen atoms in total. The molecular weight excluding hydrogens is 273 g/mol. The Labute approximate surface area is 114 Å². The summed E-state index contributed by atoms with van der Waals surface area (Å²) in [5, 5.41) is 0.930. The minimum absolute atomic E-state index is 0.260. The first kappa shape index (κ1) is 13.0. The van der Waals surface area contributed by atoms with Crippen LogP contribution in [0.5, 0.6) is 0 Å². The molecule has 1 amide bonds. The first-order chi connectivity index (χ1) is 8.58. The molecule has 1 aromatic carbocycles. The number of carbonyl (C=O) groups is 1. The summed E-state index contributed by atoms with van der Waals surface area (Å²) in [5.74, 6) is 0.968. The first-order valence-corrected chi connectivity index (χ1v) is 6.15. The van der Waals surface area contributed by atoms with Gasteiger partial charge >= 0.3 is 0 Å². The van der Waals surface area contributed by atoms with Gasteiger partial charge in [-0.25, -0.2) is 0 Å². The summed E-state index contributed by atoms with van der Waals surface area (Å²) in [6, 6.07) is 8.94. The van der Waals surface area contributed by atoms with E-state index in [2.05, 4.69) is 0 Å². The maximum absolute atomic E-state index is 10.7. The molecule has 0 spiro atoms. The highest BCUT2D eigenvalue weighted by molar-refractivity contribution is 6.43. The van der Waals surface area contributed by atoms with Crippen molar-refractivity contribution in [2.45, 2.75) is 12.8 Å². The van der Waals surface area contributed by atoms with Crippen LogP contribution in [-0.2, 0) is 11.2 Å². The molecule has 0 radical (unpaired) electrons. The molecule has 18 heavy (non-hydrogen) atoms. The first-order valence-electron chi connectivity index (χ1n) is 5.39. The van der Waals surface area contributed by atoms with Gasteiger partial charge in [-0.05, 0) is 24.3 Å². The number of rotatable bonds is 4. The van der Waals surface area contributed by atoms with Crippen LogP contribution in [0.3, 0.4) is 0 Å². The fourth-order valence-electron chi connectivity index (χ4n) is 1.60. The predicted octanol–water partition coefficient (Wildman–Crippen LogP) is 3.67. The zero-order valence-electron chi connectivity index (χ0n) is 9.45. The van der Waals surface area contributed by atoms with E-state index in [1.54, 1.807) is 24.3 Å². The van der Waals surface area contributed by atoms with Crippen LogP contribution in [-0.4, -0.2) is 5.91 Å². The molecule has 2 rings (SSSR count). The van der Waals surface area contributed by atoms with Crippen molar-refractivity contribution >= 4 is 29.1 Å². The molecule has 2 aromatic rings. The van der Waals surface area contributed by atoms with Crippen molar-refractivity contribution in [3.8, 4) is 11.3 Å². The van der Waals surface area contributed by atoms with Gasteiger partial charge in [-0.1, -0.05) is 29.3 Å². The molecule has 0 saturated carbocycles. The van der Waals surface area contributed by atoms with Gasteiger partial charge in [-0.15, -0.1) is 0 Å². The molecule has 0 saturated heterocycles. The number of amides is 1. The minimum Gasteiger partial charge on any atom is -0.461 e. The van der Waals surface area contributed by atoms with Gasteiger partial charge in [0.25, 0.3) is 0 Å². The lowest BCUT2D eigenvalue weighted by atomic mass is 10.2. The lowest BCUT2D eigenvalue weighted by molar-refractivity contribution is -0.118. The third-order valence-corrected chi connectivity index (χ3v) is 3.32. The Kier molecular flexibility index (Phi) is 3.94. The highest BCUT2D eigenvalue weighted by Crippen LogP contribution is 2.34. The Balaban J connectivity index is 2.24. The van der Waals surface area contributed by atoms with Gasteiger partial charge in [0, 0.05) is 18.4 Å².